The van der Waals surface area contributed by atoms with Crippen LogP contribution in [0.1, 0.15) is 103 Å². The molecule has 23 aromatic carbocycles. The Labute approximate surface area is 825 Å². The second-order valence-corrected chi connectivity index (χ2v) is 30.8. The third kappa shape index (κ3) is 12.9. The molecule has 0 bridgehead atoms. The number of rotatable bonds is 9. The molecule has 0 saturated carbocycles. The van der Waals surface area contributed by atoms with Gasteiger partial charge in [-0.05, 0) is 229 Å². The van der Waals surface area contributed by atoms with Gasteiger partial charge in [0.2, 0.25) is 0 Å². The van der Waals surface area contributed by atoms with Gasteiger partial charge in [0.1, 0.15) is 33.5 Å². The number of benzene rings is 23. The molecule has 606 valence electrons. The summed E-state index contributed by atoms with van der Waals surface area (Å²) >= 11 is 0. The van der Waals surface area contributed by atoms with Gasteiger partial charge in [-0.2, -0.15) is 0 Å². The van der Waals surface area contributed by atoms with Crippen LogP contribution in [0.4, 0.5) is 0 Å². The van der Waals surface area contributed by atoms with Crippen LogP contribution in [-0.2, 0) is 5.41 Å². The lowest BCUT2D eigenvalue weighted by molar-refractivity contribution is 0.591. The van der Waals surface area contributed by atoms with Crippen molar-refractivity contribution in [3.8, 4) is 100 Å². The van der Waals surface area contributed by atoms with Gasteiger partial charge in [0, 0.05) is 43.4 Å². The molecule has 0 N–H and O–H groups in total. The summed E-state index contributed by atoms with van der Waals surface area (Å²) in [5.41, 5.74) is -4.29. The summed E-state index contributed by atoms with van der Waals surface area (Å²) in [6.07, 6.45) is 0. The fourth-order valence-corrected chi connectivity index (χ4v) is 17.1. The summed E-state index contributed by atoms with van der Waals surface area (Å²) in [6.45, 7) is 6.61. The van der Waals surface area contributed by atoms with E-state index in [1.807, 2.05) is 72.8 Å². The highest BCUT2D eigenvalue weighted by molar-refractivity contribution is 6.30. The molecule has 3 heterocycles. The number of fused-ring (bicyclic) bond motifs is 17. The minimum atomic E-state index is -0.946. The maximum Gasteiger partial charge on any atom is 0.143 e. The molecule has 3 aromatic heterocycles. The Hall–Kier alpha value is -16.5. The second kappa shape index (κ2) is 31.3. The standard InChI is InChI=1S/C50H36O.2C38H24O/c1-50(2,3)34-27-25-32-15-10-21-36(44(32)30-34)42-23-12-24-43-45-29-33(26-28-46(45)51-49(42)43)47-38-17-6-8-19-40(38)48(41-20-9-7-18-39(41)47)37-22-11-14-31-13-4-5-16-35(31)37;1-3-13-25(14-4-1)27-21-11-23-33-37-32(22-12-24-34(37)39-38(27)33)36-30-19-9-7-17-28(30)35(26-15-5-2-6-16-26)29-18-8-10-20-31(29)36;1-3-12-25(13-4-1)27-22-23-32-35(24-27)39-34-21-11-20-33(38(32)34)37-30-18-9-7-16-28(30)36(26-14-5-2-6-15-26)29-17-8-10-19-31(29)37/h4-30H,1-3H3;2*1-24H/i6D,7D,8D,9D,17D,18D,19D,20D;2*1D,2D,3D,4D,5D,6D,7D,8D,9D,10D,11D,12D,13D,14D,15D,16D,17D,18D,19D,20D,21D,22D,23D,24D. The molecular formula is C126H84O3. The highest BCUT2D eigenvalue weighted by Crippen LogP contribution is 2.53. The van der Waals surface area contributed by atoms with Gasteiger partial charge >= 0.3 is 0 Å². The minimum Gasteiger partial charge on any atom is -0.456 e. The third-order valence-corrected chi connectivity index (χ3v) is 22.7. The molecule has 3 nitrogen and oxygen atoms in total. The number of hydrogen-bond donors (Lipinski definition) is 0. The molecule has 0 aliphatic rings. The van der Waals surface area contributed by atoms with Crippen LogP contribution < -0.4 is 0 Å². The topological polar surface area (TPSA) is 39.4 Å². The van der Waals surface area contributed by atoms with Crippen molar-refractivity contribution in [1.29, 1.82) is 0 Å². The first-order chi connectivity index (χ1) is 86.9. The summed E-state index contributed by atoms with van der Waals surface area (Å²) in [7, 11) is 0. The van der Waals surface area contributed by atoms with Crippen LogP contribution in [0.5, 0.6) is 0 Å². The van der Waals surface area contributed by atoms with Crippen molar-refractivity contribution in [2.75, 3.05) is 0 Å². The van der Waals surface area contributed by atoms with Crippen molar-refractivity contribution in [1.82, 2.24) is 0 Å². The van der Waals surface area contributed by atoms with Crippen LogP contribution >= 0.6 is 0 Å². The maximum atomic E-state index is 9.44. The van der Waals surface area contributed by atoms with Crippen molar-refractivity contribution in [2.45, 2.75) is 26.2 Å². The summed E-state index contributed by atoms with van der Waals surface area (Å²) in [5, 5.41) is -1.18. The first kappa shape index (κ1) is 38.2. The van der Waals surface area contributed by atoms with Crippen LogP contribution in [-0.4, -0.2) is 0 Å². The lowest BCUT2D eigenvalue weighted by Gasteiger charge is -2.20. The van der Waals surface area contributed by atoms with Crippen molar-refractivity contribution < 1.29 is 90.0 Å². The van der Waals surface area contributed by atoms with Gasteiger partial charge in [-0.15, -0.1) is 0 Å². The van der Waals surface area contributed by atoms with E-state index >= 15 is 0 Å². The Bertz CT molecular complexity index is 12300. The SMILES string of the molecule is [2H]c1c([2H])c([2H])c(-c2c([2H])c([2H])c([2H])c3c2oc2c([2H])c([2H])c([2H])c(-c4c5c([2H])c([2H])c([2H])c([2H])c5c(-c5c([2H])c([2H])c([2H])c([2H])c5[2H])c5c([2H])c([2H])c([2H])c([2H])c45)c23)c([2H])c1[2H].[2H]c1c([2H])c([2H])c(-c2c([2H])c([2H])c3c(oc4c([2H])c([2H])c([2H])c(-c5c6c([2H])c([2H])c([2H])c([2H])c6c(-c6c([2H])c([2H])c([2H])c([2H])c6[2H])c6c([2H])c([2H])c([2H])c([2H])c56)c43)c2[2H])c([2H])c1[2H].[2H]c1c([2H])c([2H])c2c(-c3cccc4ccccc34)c3c([2H])c([2H])c([2H])c([2H])c3c(-c3ccc4oc5c(-c6cccc7ccc(C(C)(C)C)cc67)cccc5c4c3)c2c1[2H]. The molecule has 26 aromatic rings. The Balaban J connectivity index is 0.000000140. The number of para-hydroxylation sites is 2. The lowest BCUT2D eigenvalue weighted by atomic mass is 9.84. The summed E-state index contributed by atoms with van der Waals surface area (Å²) in [5.74, 6) is 0. The first-order valence-corrected chi connectivity index (χ1v) is 40.0. The molecule has 0 aliphatic heterocycles. The molecule has 0 aliphatic carbocycles. The van der Waals surface area contributed by atoms with E-state index in [-0.39, 0.29) is 51.1 Å². The van der Waals surface area contributed by atoms with Crippen molar-refractivity contribution in [3.05, 3.63) is 459 Å². The first-order valence-electron chi connectivity index (χ1n) is 68.0. The zero-order chi connectivity index (χ0) is 135. The molecule has 129 heavy (non-hydrogen) atoms. The molecule has 0 fully saturated rings. The van der Waals surface area contributed by atoms with Gasteiger partial charge in [-0.1, -0.05) is 432 Å². The van der Waals surface area contributed by atoms with Crippen molar-refractivity contribution in [2.24, 2.45) is 0 Å². The van der Waals surface area contributed by atoms with Gasteiger partial charge in [-0.3, -0.25) is 0 Å². The average molecular weight is 1700 g/mol. The molecular weight excluding hydrogens is 1560 g/mol. The quantitative estimate of drug-likeness (QED) is 0.135. The van der Waals surface area contributed by atoms with Gasteiger partial charge in [0.05, 0.1) is 76.8 Å². The Morgan fingerprint density at radius 3 is 1.12 bits per heavy atom. The van der Waals surface area contributed by atoms with Gasteiger partial charge in [0.25, 0.3) is 0 Å². The van der Waals surface area contributed by atoms with Gasteiger partial charge < -0.3 is 13.3 Å². The number of hydrogen-bond acceptors (Lipinski definition) is 3. The molecule has 0 unspecified atom stereocenters. The number of furan rings is 3. The molecule has 0 atom stereocenters. The van der Waals surface area contributed by atoms with Crippen molar-refractivity contribution >= 4 is 152 Å². The Kier molecular flexibility index (Phi) is 9.27. The highest BCUT2D eigenvalue weighted by Gasteiger charge is 2.27. The largest absolute Gasteiger partial charge is 0.456 e. The van der Waals surface area contributed by atoms with Crippen molar-refractivity contribution in [3.63, 3.8) is 0 Å². The van der Waals surface area contributed by atoms with E-state index in [0.717, 1.165) is 43.4 Å². The fourth-order valence-electron chi connectivity index (χ4n) is 17.1. The molecule has 0 radical (unpaired) electrons. The van der Waals surface area contributed by atoms with E-state index in [1.165, 1.54) is 5.56 Å². The van der Waals surface area contributed by atoms with E-state index in [4.69, 9.17) is 68.1 Å². The van der Waals surface area contributed by atoms with Gasteiger partial charge in [0.15, 0.2) is 0 Å². The fraction of sp³-hybridized carbons (Fsp3) is 0.0317. The average Bonchev–Trinajstić information content (AvgIpc) is 1.64. The normalized spacial score (nSPS) is 17.9. The molecule has 0 amide bonds. The van der Waals surface area contributed by atoms with Crippen LogP contribution in [0.2, 0.25) is 0 Å². The Morgan fingerprint density at radius 1 is 0.194 bits per heavy atom. The predicted molar refractivity (Wildman–Crippen MR) is 549 cm³/mol. The highest BCUT2D eigenvalue weighted by atomic mass is 16.3. The molecule has 0 saturated heterocycles. The smallest absolute Gasteiger partial charge is 0.143 e. The zero-order valence-electron chi connectivity index (χ0n) is 123. The zero-order valence-corrected chi connectivity index (χ0v) is 67.2. The second-order valence-electron chi connectivity index (χ2n) is 30.8. The maximum absolute atomic E-state index is 9.44. The predicted octanol–water partition coefficient (Wildman–Crippen LogP) is 36.3. The van der Waals surface area contributed by atoms with E-state index < -0.39 is 468 Å². The third-order valence-electron chi connectivity index (χ3n) is 22.7. The lowest BCUT2D eigenvalue weighted by Crippen LogP contribution is -2.10. The van der Waals surface area contributed by atoms with E-state index in [9.17, 15) is 21.9 Å². The summed E-state index contributed by atoms with van der Waals surface area (Å²) in [4.78, 5) is 0. The van der Waals surface area contributed by atoms with Crippen LogP contribution in [0, 0.1) is 0 Å². The van der Waals surface area contributed by atoms with E-state index in [0.29, 0.717) is 33.4 Å². The monoisotopic (exact) mass is 1700 g/mol. The summed E-state index contributed by atoms with van der Waals surface area (Å²) in [6, 6.07) is -7.91. The van der Waals surface area contributed by atoms with E-state index in [1.54, 1.807) is 0 Å². The van der Waals surface area contributed by atoms with Gasteiger partial charge in [-0.25, -0.2) is 0 Å². The van der Waals surface area contributed by atoms with E-state index in [2.05, 4.69) is 63.2 Å². The Morgan fingerprint density at radius 2 is 0.581 bits per heavy atom. The summed E-state index contributed by atoms with van der Waals surface area (Å²) < 4.78 is 514. The minimum absolute atomic E-state index is 0.0459. The molecule has 26 rings (SSSR count). The van der Waals surface area contributed by atoms with Crippen LogP contribution in [0.3, 0.4) is 0 Å². The molecule has 0 spiro atoms. The molecule has 3 heteroatoms. The van der Waals surface area contributed by atoms with Crippen LogP contribution in [0.25, 0.3) is 252 Å². The van der Waals surface area contributed by atoms with Crippen LogP contribution in [0.15, 0.2) is 467 Å².